The molecule has 4 nitrogen and oxygen atoms in total. The molecular weight excluding hydrogens is 250 g/mol. The van der Waals surface area contributed by atoms with E-state index in [9.17, 15) is 4.79 Å². The van der Waals surface area contributed by atoms with Crippen LogP contribution in [0.5, 0.6) is 0 Å². The molecule has 0 aliphatic carbocycles. The summed E-state index contributed by atoms with van der Waals surface area (Å²) in [5, 5.41) is 3.40. The van der Waals surface area contributed by atoms with Crippen LogP contribution in [-0.4, -0.2) is 37.4 Å². The molecule has 1 aromatic carbocycles. The quantitative estimate of drug-likeness (QED) is 0.640. The highest BCUT2D eigenvalue weighted by Crippen LogP contribution is 2.21. The Kier molecular flexibility index (Phi) is 5.01. The van der Waals surface area contributed by atoms with Gasteiger partial charge in [-0.1, -0.05) is 0 Å². The van der Waals surface area contributed by atoms with Crippen LogP contribution in [0.3, 0.4) is 0 Å². The van der Waals surface area contributed by atoms with E-state index in [0.717, 1.165) is 18.2 Å². The Balaban J connectivity index is 1.82. The average molecular weight is 275 g/mol. The highest BCUT2D eigenvalue weighted by molar-refractivity contribution is 5.99. The van der Waals surface area contributed by atoms with Gasteiger partial charge in [0, 0.05) is 23.5 Å². The third kappa shape index (κ3) is 3.97. The van der Waals surface area contributed by atoms with Crippen LogP contribution in [-0.2, 0) is 0 Å². The monoisotopic (exact) mass is 275 g/mol. The molecule has 1 aliphatic heterocycles. The van der Waals surface area contributed by atoms with Crippen LogP contribution in [0.4, 0.5) is 11.4 Å². The van der Waals surface area contributed by atoms with E-state index in [2.05, 4.69) is 17.3 Å². The molecule has 0 radical (unpaired) electrons. The summed E-state index contributed by atoms with van der Waals surface area (Å²) in [7, 11) is 2.19. The minimum Gasteiger partial charge on any atom is -0.398 e. The molecule has 4 heteroatoms. The van der Waals surface area contributed by atoms with E-state index in [1.54, 1.807) is 13.0 Å². The maximum Gasteiger partial charge on any atom is 0.161 e. The fourth-order valence-electron chi connectivity index (χ4n) is 2.74. The maximum absolute atomic E-state index is 11.5. The maximum atomic E-state index is 11.5. The lowest BCUT2D eigenvalue weighted by atomic mass is 9.94. The summed E-state index contributed by atoms with van der Waals surface area (Å²) < 4.78 is 0. The fraction of sp³-hybridized carbons (Fsp3) is 0.562. The van der Waals surface area contributed by atoms with Crippen LogP contribution < -0.4 is 11.1 Å². The normalized spacial score (nSPS) is 17.1. The molecule has 0 aromatic heterocycles. The molecule has 110 valence electrons. The van der Waals surface area contributed by atoms with Gasteiger partial charge in [-0.15, -0.1) is 0 Å². The summed E-state index contributed by atoms with van der Waals surface area (Å²) in [6.45, 7) is 4.92. The number of ketones is 1. The van der Waals surface area contributed by atoms with Gasteiger partial charge in [-0.2, -0.15) is 0 Å². The molecule has 0 amide bonds. The minimum atomic E-state index is 0.0152. The summed E-state index contributed by atoms with van der Waals surface area (Å²) >= 11 is 0. The second kappa shape index (κ2) is 6.75. The smallest absolute Gasteiger partial charge is 0.161 e. The van der Waals surface area contributed by atoms with E-state index >= 15 is 0 Å². The molecule has 3 N–H and O–H groups in total. The molecule has 2 rings (SSSR count). The van der Waals surface area contributed by atoms with Crippen molar-refractivity contribution in [2.75, 3.05) is 37.7 Å². The summed E-state index contributed by atoms with van der Waals surface area (Å²) in [5.74, 6) is 0.834. The Labute approximate surface area is 121 Å². The number of anilines is 2. The lowest BCUT2D eigenvalue weighted by Gasteiger charge is -2.29. The van der Waals surface area contributed by atoms with E-state index in [1.165, 1.54) is 32.4 Å². The number of carbonyl (C=O) groups excluding carboxylic acids is 1. The molecule has 0 atom stereocenters. The van der Waals surface area contributed by atoms with Gasteiger partial charge in [0.25, 0.3) is 0 Å². The number of nitrogens with two attached hydrogens (primary N) is 1. The predicted molar refractivity (Wildman–Crippen MR) is 84.2 cm³/mol. The topological polar surface area (TPSA) is 58.4 Å². The molecule has 1 aromatic rings. The minimum absolute atomic E-state index is 0.0152. The second-order valence-electron chi connectivity index (χ2n) is 5.82. The van der Waals surface area contributed by atoms with E-state index in [0.29, 0.717) is 11.3 Å². The number of Topliss-reactive ketones (excluding diaryl/α,β-unsaturated/α-hetero) is 1. The van der Waals surface area contributed by atoms with Gasteiger partial charge in [0.2, 0.25) is 0 Å². The predicted octanol–water partition coefficient (Wildman–Crippen LogP) is 2.62. The van der Waals surface area contributed by atoms with Crippen molar-refractivity contribution in [1.29, 1.82) is 0 Å². The highest BCUT2D eigenvalue weighted by atomic mass is 16.1. The van der Waals surface area contributed by atoms with E-state index < -0.39 is 0 Å². The molecular formula is C16H25N3O. The summed E-state index contributed by atoms with van der Waals surface area (Å²) in [6.07, 6.45) is 3.77. The molecule has 0 saturated carbocycles. The standard InChI is InChI=1S/C16H25N3O/c1-12(20)15-11-14(3-4-16(15)17)18-8-5-13-6-9-19(2)10-7-13/h3-4,11,13,18H,5-10,17H2,1-2H3. The molecule has 1 fully saturated rings. The lowest BCUT2D eigenvalue weighted by Crippen LogP contribution is -2.30. The van der Waals surface area contributed by atoms with Crippen molar-refractivity contribution in [2.45, 2.75) is 26.2 Å². The SMILES string of the molecule is CC(=O)c1cc(NCCC2CCN(C)CC2)ccc1N. The number of benzene rings is 1. The average Bonchev–Trinajstić information content (AvgIpc) is 2.42. The van der Waals surface area contributed by atoms with Crippen molar-refractivity contribution in [3.63, 3.8) is 0 Å². The van der Waals surface area contributed by atoms with Crippen LogP contribution in [0.1, 0.15) is 36.5 Å². The molecule has 1 saturated heterocycles. The molecule has 1 aliphatic rings. The van der Waals surface area contributed by atoms with Crippen molar-refractivity contribution in [3.05, 3.63) is 23.8 Å². The number of carbonyl (C=O) groups is 1. The first-order valence-electron chi connectivity index (χ1n) is 7.39. The number of nitrogen functional groups attached to an aromatic ring is 1. The third-order valence-corrected chi connectivity index (χ3v) is 4.15. The number of piperidine rings is 1. The fourth-order valence-corrected chi connectivity index (χ4v) is 2.74. The van der Waals surface area contributed by atoms with Crippen molar-refractivity contribution < 1.29 is 4.79 Å². The zero-order valence-electron chi connectivity index (χ0n) is 12.5. The Bertz CT molecular complexity index is 465. The van der Waals surface area contributed by atoms with Crippen molar-refractivity contribution in [2.24, 2.45) is 5.92 Å². The number of hydrogen-bond donors (Lipinski definition) is 2. The number of nitrogens with one attached hydrogen (secondary N) is 1. The first-order valence-corrected chi connectivity index (χ1v) is 7.39. The van der Waals surface area contributed by atoms with Gasteiger partial charge in [-0.3, -0.25) is 4.79 Å². The highest BCUT2D eigenvalue weighted by Gasteiger charge is 2.16. The van der Waals surface area contributed by atoms with Crippen molar-refractivity contribution in [1.82, 2.24) is 4.90 Å². The zero-order valence-corrected chi connectivity index (χ0v) is 12.5. The molecule has 0 unspecified atom stereocenters. The van der Waals surface area contributed by atoms with E-state index in [1.807, 2.05) is 12.1 Å². The summed E-state index contributed by atoms with van der Waals surface area (Å²) in [6, 6.07) is 5.59. The molecule has 20 heavy (non-hydrogen) atoms. The second-order valence-corrected chi connectivity index (χ2v) is 5.82. The van der Waals surface area contributed by atoms with Crippen LogP contribution in [0, 0.1) is 5.92 Å². The van der Waals surface area contributed by atoms with Gasteiger partial charge < -0.3 is 16.0 Å². The Morgan fingerprint density at radius 2 is 2.10 bits per heavy atom. The number of likely N-dealkylation sites (tertiary alicyclic amines) is 1. The van der Waals surface area contributed by atoms with Gasteiger partial charge in [0.05, 0.1) is 0 Å². The van der Waals surface area contributed by atoms with Crippen LogP contribution >= 0.6 is 0 Å². The number of hydrogen-bond acceptors (Lipinski definition) is 4. The van der Waals surface area contributed by atoms with Gasteiger partial charge in [-0.05, 0) is 70.4 Å². The van der Waals surface area contributed by atoms with Crippen LogP contribution in [0.25, 0.3) is 0 Å². The third-order valence-electron chi connectivity index (χ3n) is 4.15. The first kappa shape index (κ1) is 14.9. The largest absolute Gasteiger partial charge is 0.398 e. The van der Waals surface area contributed by atoms with Gasteiger partial charge >= 0.3 is 0 Å². The van der Waals surface area contributed by atoms with E-state index in [4.69, 9.17) is 5.73 Å². The summed E-state index contributed by atoms with van der Waals surface area (Å²) in [5.41, 5.74) is 7.94. The summed E-state index contributed by atoms with van der Waals surface area (Å²) in [4.78, 5) is 13.8. The van der Waals surface area contributed by atoms with Gasteiger partial charge in [0.1, 0.15) is 0 Å². The van der Waals surface area contributed by atoms with Crippen molar-refractivity contribution >= 4 is 17.2 Å². The van der Waals surface area contributed by atoms with Gasteiger partial charge in [-0.25, -0.2) is 0 Å². The first-order chi connectivity index (χ1) is 9.56. The lowest BCUT2D eigenvalue weighted by molar-refractivity contribution is 0.101. The molecule has 1 heterocycles. The number of nitrogens with zero attached hydrogens (tertiary/aromatic N) is 1. The van der Waals surface area contributed by atoms with Crippen molar-refractivity contribution in [3.8, 4) is 0 Å². The zero-order chi connectivity index (χ0) is 14.5. The van der Waals surface area contributed by atoms with Crippen LogP contribution in [0.15, 0.2) is 18.2 Å². The number of rotatable bonds is 5. The Morgan fingerprint density at radius 1 is 1.40 bits per heavy atom. The molecule has 0 spiro atoms. The Hall–Kier alpha value is -1.55. The van der Waals surface area contributed by atoms with E-state index in [-0.39, 0.29) is 5.78 Å². The Morgan fingerprint density at radius 3 is 2.75 bits per heavy atom. The van der Waals surface area contributed by atoms with Crippen LogP contribution in [0.2, 0.25) is 0 Å². The molecule has 0 bridgehead atoms. The van der Waals surface area contributed by atoms with Gasteiger partial charge in [0.15, 0.2) is 5.78 Å².